The molecule has 104 valence electrons. The van der Waals surface area contributed by atoms with Crippen molar-refractivity contribution in [3.05, 3.63) is 23.9 Å². The molecule has 0 saturated carbocycles. The number of hydrogen-bond acceptors (Lipinski definition) is 4. The van der Waals surface area contributed by atoms with Crippen molar-refractivity contribution in [2.45, 2.75) is 32.3 Å². The maximum absolute atomic E-state index is 12.1. The molecule has 1 aliphatic rings. The fraction of sp³-hybridized carbons (Fsp3) is 0.571. The molecule has 1 amide bonds. The Morgan fingerprint density at radius 3 is 3.11 bits per heavy atom. The van der Waals surface area contributed by atoms with Crippen LogP contribution in [0.2, 0.25) is 0 Å². The fourth-order valence-electron chi connectivity index (χ4n) is 2.20. The predicted molar refractivity (Wildman–Crippen MR) is 74.3 cm³/mol. The number of carbonyl (C=O) groups is 1. The highest BCUT2D eigenvalue weighted by atomic mass is 16.5. The third kappa shape index (κ3) is 3.67. The van der Waals surface area contributed by atoms with Gasteiger partial charge < -0.3 is 15.4 Å². The molecule has 2 heterocycles. The van der Waals surface area contributed by atoms with Gasteiger partial charge in [0.1, 0.15) is 5.82 Å². The number of amides is 1. The average molecular weight is 263 g/mol. The van der Waals surface area contributed by atoms with Crippen molar-refractivity contribution < 1.29 is 9.53 Å². The van der Waals surface area contributed by atoms with Crippen molar-refractivity contribution in [1.29, 1.82) is 0 Å². The summed E-state index contributed by atoms with van der Waals surface area (Å²) in [4.78, 5) is 16.2. The molecular weight excluding hydrogens is 242 g/mol. The highest BCUT2D eigenvalue weighted by Gasteiger charge is 2.30. The van der Waals surface area contributed by atoms with E-state index in [1.54, 1.807) is 18.3 Å². The van der Waals surface area contributed by atoms with E-state index in [2.05, 4.69) is 15.6 Å². The summed E-state index contributed by atoms with van der Waals surface area (Å²) in [5.41, 5.74) is 0.403. The van der Waals surface area contributed by atoms with Gasteiger partial charge in [0, 0.05) is 31.5 Å². The van der Waals surface area contributed by atoms with Gasteiger partial charge in [-0.05, 0) is 38.8 Å². The number of ether oxygens (including phenoxy) is 1. The van der Waals surface area contributed by atoms with Crippen LogP contribution in [0.15, 0.2) is 18.3 Å². The molecule has 0 bridgehead atoms. The first-order chi connectivity index (χ1) is 9.13. The van der Waals surface area contributed by atoms with Gasteiger partial charge in [-0.3, -0.25) is 4.79 Å². The molecule has 2 N–H and O–H groups in total. The monoisotopic (exact) mass is 263 g/mol. The van der Waals surface area contributed by atoms with Crippen molar-refractivity contribution in [3.8, 4) is 0 Å². The van der Waals surface area contributed by atoms with E-state index in [-0.39, 0.29) is 11.5 Å². The molecular formula is C14H21N3O2. The number of nitrogens with one attached hydrogen (secondary N) is 2. The SMILES string of the molecule is CCNc1cc(C(=O)NCC2(C)CCCO2)ccn1. The van der Waals surface area contributed by atoms with E-state index in [4.69, 9.17) is 4.74 Å². The Hall–Kier alpha value is -1.62. The predicted octanol–water partition coefficient (Wildman–Crippen LogP) is 1.81. The number of rotatable bonds is 5. The molecule has 1 saturated heterocycles. The largest absolute Gasteiger partial charge is 0.373 e. The summed E-state index contributed by atoms with van der Waals surface area (Å²) in [7, 11) is 0. The quantitative estimate of drug-likeness (QED) is 0.850. The molecule has 5 heteroatoms. The van der Waals surface area contributed by atoms with Crippen molar-refractivity contribution in [2.24, 2.45) is 0 Å². The maximum atomic E-state index is 12.1. The average Bonchev–Trinajstić information content (AvgIpc) is 2.84. The third-order valence-corrected chi connectivity index (χ3v) is 3.30. The molecule has 1 fully saturated rings. The van der Waals surface area contributed by atoms with Crippen LogP contribution >= 0.6 is 0 Å². The molecule has 0 aliphatic carbocycles. The third-order valence-electron chi connectivity index (χ3n) is 3.30. The maximum Gasteiger partial charge on any atom is 0.251 e. The second-order valence-electron chi connectivity index (χ2n) is 5.04. The summed E-state index contributed by atoms with van der Waals surface area (Å²) in [5, 5.41) is 6.02. The first-order valence-corrected chi connectivity index (χ1v) is 6.75. The van der Waals surface area contributed by atoms with Gasteiger partial charge in [0.15, 0.2) is 0 Å². The molecule has 1 unspecified atom stereocenters. The van der Waals surface area contributed by atoms with Crippen molar-refractivity contribution in [2.75, 3.05) is 25.0 Å². The van der Waals surface area contributed by atoms with E-state index in [0.717, 1.165) is 31.8 Å². The normalized spacial score (nSPS) is 22.2. The zero-order valence-corrected chi connectivity index (χ0v) is 11.5. The Balaban J connectivity index is 1.93. The lowest BCUT2D eigenvalue weighted by Crippen LogP contribution is -2.40. The zero-order chi connectivity index (χ0) is 13.7. The second kappa shape index (κ2) is 6.02. The second-order valence-corrected chi connectivity index (χ2v) is 5.04. The Kier molecular flexibility index (Phi) is 4.37. The summed E-state index contributed by atoms with van der Waals surface area (Å²) < 4.78 is 5.65. The van der Waals surface area contributed by atoms with E-state index < -0.39 is 0 Å². The number of pyridine rings is 1. The summed E-state index contributed by atoms with van der Waals surface area (Å²) in [6, 6.07) is 3.48. The molecule has 0 spiro atoms. The van der Waals surface area contributed by atoms with Gasteiger partial charge >= 0.3 is 0 Å². The number of anilines is 1. The zero-order valence-electron chi connectivity index (χ0n) is 11.5. The van der Waals surface area contributed by atoms with Crippen LogP contribution in [0.3, 0.4) is 0 Å². The molecule has 1 aromatic heterocycles. The Morgan fingerprint density at radius 2 is 2.42 bits per heavy atom. The van der Waals surface area contributed by atoms with Crippen molar-refractivity contribution >= 4 is 11.7 Å². The molecule has 0 radical (unpaired) electrons. The van der Waals surface area contributed by atoms with Gasteiger partial charge in [-0.25, -0.2) is 4.98 Å². The minimum atomic E-state index is -0.215. The summed E-state index contributed by atoms with van der Waals surface area (Å²) >= 11 is 0. The highest BCUT2D eigenvalue weighted by Crippen LogP contribution is 2.24. The minimum absolute atomic E-state index is 0.0849. The lowest BCUT2D eigenvalue weighted by molar-refractivity contribution is 0.0206. The number of nitrogens with zero attached hydrogens (tertiary/aromatic N) is 1. The molecule has 1 atom stereocenters. The standard InChI is InChI=1S/C14H21N3O2/c1-3-15-12-9-11(5-7-16-12)13(18)17-10-14(2)6-4-8-19-14/h5,7,9H,3-4,6,8,10H2,1-2H3,(H,15,16)(H,17,18). The number of hydrogen-bond donors (Lipinski definition) is 2. The topological polar surface area (TPSA) is 63.2 Å². The minimum Gasteiger partial charge on any atom is -0.373 e. The van der Waals surface area contributed by atoms with Crippen LogP contribution in [0.1, 0.15) is 37.0 Å². The molecule has 1 aromatic rings. The summed E-state index contributed by atoms with van der Waals surface area (Å²) in [6.07, 6.45) is 3.69. The van der Waals surface area contributed by atoms with Gasteiger partial charge in [-0.15, -0.1) is 0 Å². The number of carbonyl (C=O) groups excluding carboxylic acids is 1. The van der Waals surface area contributed by atoms with Crippen molar-refractivity contribution in [3.63, 3.8) is 0 Å². The molecule has 0 aromatic carbocycles. The van der Waals surface area contributed by atoms with Crippen LogP contribution in [0, 0.1) is 0 Å². The van der Waals surface area contributed by atoms with Gasteiger partial charge in [0.2, 0.25) is 0 Å². The van der Waals surface area contributed by atoms with Crippen LogP contribution in [-0.2, 0) is 4.74 Å². The molecule has 1 aliphatic heterocycles. The summed E-state index contributed by atoms with van der Waals surface area (Å²) in [6.45, 7) is 6.14. The van der Waals surface area contributed by atoms with E-state index in [1.807, 2.05) is 13.8 Å². The lowest BCUT2D eigenvalue weighted by atomic mass is 10.0. The smallest absolute Gasteiger partial charge is 0.251 e. The van der Waals surface area contributed by atoms with E-state index in [1.165, 1.54) is 0 Å². The molecule has 5 nitrogen and oxygen atoms in total. The van der Waals surface area contributed by atoms with Gasteiger partial charge in [-0.1, -0.05) is 0 Å². The first kappa shape index (κ1) is 13.8. The highest BCUT2D eigenvalue weighted by molar-refractivity contribution is 5.94. The van der Waals surface area contributed by atoms with E-state index >= 15 is 0 Å². The number of aromatic nitrogens is 1. The fourth-order valence-corrected chi connectivity index (χ4v) is 2.20. The van der Waals surface area contributed by atoms with E-state index in [0.29, 0.717) is 12.1 Å². The van der Waals surface area contributed by atoms with Crippen LogP contribution in [0.25, 0.3) is 0 Å². The Morgan fingerprint density at radius 1 is 1.58 bits per heavy atom. The van der Waals surface area contributed by atoms with Gasteiger partial charge in [0.25, 0.3) is 5.91 Å². The van der Waals surface area contributed by atoms with Crippen LogP contribution in [-0.4, -0.2) is 36.2 Å². The lowest BCUT2D eigenvalue weighted by Gasteiger charge is -2.23. The van der Waals surface area contributed by atoms with Crippen LogP contribution < -0.4 is 10.6 Å². The van der Waals surface area contributed by atoms with Gasteiger partial charge in [0.05, 0.1) is 5.60 Å². The van der Waals surface area contributed by atoms with Crippen LogP contribution in [0.5, 0.6) is 0 Å². The molecule has 19 heavy (non-hydrogen) atoms. The van der Waals surface area contributed by atoms with Crippen LogP contribution in [0.4, 0.5) is 5.82 Å². The Labute approximate surface area is 113 Å². The van der Waals surface area contributed by atoms with Gasteiger partial charge in [-0.2, -0.15) is 0 Å². The van der Waals surface area contributed by atoms with E-state index in [9.17, 15) is 4.79 Å². The Bertz CT molecular complexity index is 442. The summed E-state index contributed by atoms with van der Waals surface area (Å²) in [5.74, 6) is 0.636. The first-order valence-electron chi connectivity index (χ1n) is 6.75. The van der Waals surface area contributed by atoms with Crippen molar-refractivity contribution in [1.82, 2.24) is 10.3 Å². The molecule has 2 rings (SSSR count).